The van der Waals surface area contributed by atoms with Gasteiger partial charge in [0.1, 0.15) is 0 Å². The molecule has 0 unspecified atom stereocenters. The first kappa shape index (κ1) is 16.4. The number of rotatable bonds is 5. The number of nitrogens with zero attached hydrogens (tertiary/aromatic N) is 1. The van der Waals surface area contributed by atoms with E-state index in [0.29, 0.717) is 0 Å². The Bertz CT molecular complexity index is 821. The standard InChI is InChI=1S/C19H21ClN2S/c1-13-17(9-10-21)18-11-16(23-2)7-8-19(18)22(13)12-14-3-5-15(20)6-4-14/h3-8,11H,9-10,12,21H2,1-2H3/p+1. The van der Waals surface area contributed by atoms with Crippen LogP contribution in [0.4, 0.5) is 0 Å². The molecule has 0 amide bonds. The summed E-state index contributed by atoms with van der Waals surface area (Å²) in [6.45, 7) is 4.01. The van der Waals surface area contributed by atoms with Crippen molar-refractivity contribution in [2.45, 2.75) is 24.8 Å². The fourth-order valence-electron chi connectivity index (χ4n) is 3.13. The van der Waals surface area contributed by atoms with Crippen LogP contribution in [-0.2, 0) is 13.0 Å². The zero-order valence-electron chi connectivity index (χ0n) is 13.6. The molecule has 4 heteroatoms. The Labute approximate surface area is 146 Å². The minimum Gasteiger partial charge on any atom is -0.357 e. The summed E-state index contributed by atoms with van der Waals surface area (Å²) < 4.78 is 2.41. The number of hydrogen-bond donors (Lipinski definition) is 1. The van der Waals surface area contributed by atoms with Crippen molar-refractivity contribution in [1.82, 2.24) is 4.57 Å². The summed E-state index contributed by atoms with van der Waals surface area (Å²) in [6.07, 6.45) is 3.15. The molecule has 23 heavy (non-hydrogen) atoms. The van der Waals surface area contributed by atoms with E-state index in [1.807, 2.05) is 12.1 Å². The number of fused-ring (bicyclic) bond motifs is 1. The lowest BCUT2D eigenvalue weighted by molar-refractivity contribution is -0.366. The molecule has 2 aromatic carbocycles. The number of halogens is 1. The fraction of sp³-hybridized carbons (Fsp3) is 0.263. The first-order chi connectivity index (χ1) is 11.1. The smallest absolute Gasteiger partial charge is 0.0781 e. The van der Waals surface area contributed by atoms with Crippen molar-refractivity contribution in [2.24, 2.45) is 0 Å². The summed E-state index contributed by atoms with van der Waals surface area (Å²) in [5.41, 5.74) is 9.39. The Hall–Kier alpha value is -1.42. The maximum Gasteiger partial charge on any atom is 0.0781 e. The lowest BCUT2D eigenvalue weighted by atomic mass is 10.1. The van der Waals surface area contributed by atoms with Gasteiger partial charge in [0, 0.05) is 39.5 Å². The highest BCUT2D eigenvalue weighted by Gasteiger charge is 2.14. The maximum absolute atomic E-state index is 6.00. The van der Waals surface area contributed by atoms with Crippen LogP contribution < -0.4 is 5.73 Å². The number of aromatic nitrogens is 1. The van der Waals surface area contributed by atoms with Crippen LogP contribution in [0.3, 0.4) is 0 Å². The SMILES string of the molecule is CSc1ccc2c(c1)c(CC[NH3+])c(C)n2Cc1ccc(Cl)cc1. The number of quaternary nitrogens is 1. The van der Waals surface area contributed by atoms with Crippen LogP contribution in [-0.4, -0.2) is 17.4 Å². The Morgan fingerprint density at radius 2 is 1.87 bits per heavy atom. The van der Waals surface area contributed by atoms with Gasteiger partial charge in [0.05, 0.1) is 6.54 Å². The minimum atomic E-state index is 0.783. The third-order valence-corrected chi connectivity index (χ3v) is 5.32. The third kappa shape index (κ3) is 3.27. The fourth-order valence-corrected chi connectivity index (χ4v) is 3.69. The first-order valence-corrected chi connectivity index (χ1v) is 9.43. The molecule has 0 saturated carbocycles. The van der Waals surface area contributed by atoms with Crippen molar-refractivity contribution in [3.8, 4) is 0 Å². The van der Waals surface area contributed by atoms with Gasteiger partial charge in [-0.1, -0.05) is 23.7 Å². The molecule has 0 saturated heterocycles. The van der Waals surface area contributed by atoms with E-state index in [-0.39, 0.29) is 0 Å². The molecule has 3 rings (SSSR count). The molecule has 2 nitrogen and oxygen atoms in total. The van der Waals surface area contributed by atoms with E-state index in [1.54, 1.807) is 11.8 Å². The van der Waals surface area contributed by atoms with E-state index in [2.05, 4.69) is 53.8 Å². The molecule has 0 aliphatic heterocycles. The van der Waals surface area contributed by atoms with Crippen molar-refractivity contribution in [2.75, 3.05) is 12.8 Å². The van der Waals surface area contributed by atoms with Crippen molar-refractivity contribution in [3.05, 3.63) is 64.3 Å². The normalized spacial score (nSPS) is 11.3. The summed E-state index contributed by atoms with van der Waals surface area (Å²) in [5.74, 6) is 0. The van der Waals surface area contributed by atoms with Crippen LogP contribution in [0.15, 0.2) is 47.4 Å². The van der Waals surface area contributed by atoms with E-state index >= 15 is 0 Å². The molecule has 1 heterocycles. The Kier molecular flexibility index (Phi) is 5.00. The Balaban J connectivity index is 2.11. The zero-order chi connectivity index (χ0) is 16.4. The van der Waals surface area contributed by atoms with Gasteiger partial charge in [0.15, 0.2) is 0 Å². The maximum atomic E-state index is 6.00. The molecule has 3 aromatic rings. The van der Waals surface area contributed by atoms with E-state index in [4.69, 9.17) is 11.6 Å². The predicted molar refractivity (Wildman–Crippen MR) is 100 cm³/mol. The topological polar surface area (TPSA) is 32.6 Å². The molecule has 120 valence electrons. The first-order valence-electron chi connectivity index (χ1n) is 7.83. The third-order valence-electron chi connectivity index (χ3n) is 4.34. The summed E-state index contributed by atoms with van der Waals surface area (Å²) >= 11 is 7.80. The second-order valence-corrected chi connectivity index (χ2v) is 7.08. The van der Waals surface area contributed by atoms with Gasteiger partial charge in [-0.2, -0.15) is 0 Å². The average Bonchev–Trinajstić information content (AvgIpc) is 2.82. The molecule has 1 aromatic heterocycles. The summed E-state index contributed by atoms with van der Waals surface area (Å²) in [5, 5.41) is 2.15. The van der Waals surface area contributed by atoms with Crippen LogP contribution in [0.25, 0.3) is 10.9 Å². The van der Waals surface area contributed by atoms with Crippen LogP contribution in [0.2, 0.25) is 5.02 Å². The molecule has 0 aliphatic rings. The highest BCUT2D eigenvalue weighted by atomic mass is 35.5. The van der Waals surface area contributed by atoms with Gasteiger partial charge in [-0.25, -0.2) is 0 Å². The molecular formula is C19H22ClN2S+. The van der Waals surface area contributed by atoms with E-state index in [0.717, 1.165) is 24.5 Å². The van der Waals surface area contributed by atoms with Crippen molar-refractivity contribution in [3.63, 3.8) is 0 Å². The Morgan fingerprint density at radius 1 is 1.13 bits per heavy atom. The second kappa shape index (κ2) is 7.00. The molecule has 0 fully saturated rings. The summed E-state index contributed by atoms with van der Waals surface area (Å²) in [7, 11) is 0. The predicted octanol–water partition coefficient (Wildman–Crippen LogP) is 4.16. The largest absolute Gasteiger partial charge is 0.357 e. The molecule has 3 N–H and O–H groups in total. The molecule has 0 spiro atoms. The summed E-state index contributed by atoms with van der Waals surface area (Å²) in [6, 6.07) is 14.9. The second-order valence-electron chi connectivity index (χ2n) is 5.76. The number of thioether (sulfide) groups is 1. The van der Waals surface area contributed by atoms with Crippen LogP contribution in [0, 0.1) is 6.92 Å². The molecule has 0 bridgehead atoms. The molecule has 0 aliphatic carbocycles. The van der Waals surface area contributed by atoms with Crippen molar-refractivity contribution >= 4 is 34.3 Å². The van der Waals surface area contributed by atoms with Gasteiger partial charge in [0.2, 0.25) is 0 Å². The number of hydrogen-bond acceptors (Lipinski definition) is 1. The Morgan fingerprint density at radius 3 is 2.52 bits per heavy atom. The monoisotopic (exact) mass is 345 g/mol. The lowest BCUT2D eigenvalue weighted by Gasteiger charge is -2.09. The highest BCUT2D eigenvalue weighted by Crippen LogP contribution is 2.30. The molecular weight excluding hydrogens is 324 g/mol. The van der Waals surface area contributed by atoms with Crippen LogP contribution >= 0.6 is 23.4 Å². The van der Waals surface area contributed by atoms with Gasteiger partial charge < -0.3 is 10.3 Å². The van der Waals surface area contributed by atoms with Crippen molar-refractivity contribution < 1.29 is 5.73 Å². The van der Waals surface area contributed by atoms with Crippen LogP contribution in [0.1, 0.15) is 16.8 Å². The lowest BCUT2D eigenvalue weighted by Crippen LogP contribution is -2.51. The minimum absolute atomic E-state index is 0.783. The van der Waals surface area contributed by atoms with E-state index in [1.165, 1.54) is 32.6 Å². The van der Waals surface area contributed by atoms with Gasteiger partial charge in [0.25, 0.3) is 0 Å². The molecule has 0 radical (unpaired) electrons. The van der Waals surface area contributed by atoms with Gasteiger partial charge in [-0.3, -0.25) is 0 Å². The molecule has 0 atom stereocenters. The van der Waals surface area contributed by atoms with Crippen molar-refractivity contribution in [1.29, 1.82) is 0 Å². The van der Waals surface area contributed by atoms with E-state index in [9.17, 15) is 0 Å². The highest BCUT2D eigenvalue weighted by molar-refractivity contribution is 7.98. The van der Waals surface area contributed by atoms with Crippen LogP contribution in [0.5, 0.6) is 0 Å². The number of benzene rings is 2. The van der Waals surface area contributed by atoms with Gasteiger partial charge in [-0.05, 0) is 54.6 Å². The average molecular weight is 346 g/mol. The van der Waals surface area contributed by atoms with Gasteiger partial charge in [-0.15, -0.1) is 11.8 Å². The van der Waals surface area contributed by atoms with E-state index < -0.39 is 0 Å². The summed E-state index contributed by atoms with van der Waals surface area (Å²) in [4.78, 5) is 1.31. The quantitative estimate of drug-likeness (QED) is 0.692. The van der Waals surface area contributed by atoms with Gasteiger partial charge >= 0.3 is 0 Å². The zero-order valence-corrected chi connectivity index (χ0v) is 15.2.